The van der Waals surface area contributed by atoms with Gasteiger partial charge in [-0.05, 0) is 25.7 Å². The molecule has 0 saturated carbocycles. The minimum absolute atomic E-state index is 0.0512. The van der Waals surface area contributed by atoms with Crippen molar-refractivity contribution in [2.45, 2.75) is 31.7 Å². The second-order valence-electron chi connectivity index (χ2n) is 4.56. The third kappa shape index (κ3) is 4.74. The van der Waals surface area contributed by atoms with Gasteiger partial charge in [0.15, 0.2) is 9.84 Å². The lowest BCUT2D eigenvalue weighted by Gasteiger charge is -2.27. The van der Waals surface area contributed by atoms with Crippen molar-refractivity contribution in [3.8, 4) is 0 Å². The lowest BCUT2D eigenvalue weighted by molar-refractivity contribution is -0.130. The molecule has 0 spiro atoms. The van der Waals surface area contributed by atoms with E-state index in [1.165, 1.54) is 0 Å². The SMILES string of the molecule is O=C(CCl)N(CCCCCO)[C@@H]1CCS(=O)(=O)C1. The van der Waals surface area contributed by atoms with Gasteiger partial charge in [-0.3, -0.25) is 4.79 Å². The molecule has 1 fully saturated rings. The van der Waals surface area contributed by atoms with Crippen molar-refractivity contribution in [1.82, 2.24) is 4.90 Å². The highest BCUT2D eigenvalue weighted by Gasteiger charge is 2.33. The number of carbonyl (C=O) groups is 1. The highest BCUT2D eigenvalue weighted by atomic mass is 35.5. The number of hydrogen-bond acceptors (Lipinski definition) is 4. The van der Waals surface area contributed by atoms with Gasteiger partial charge in [0.2, 0.25) is 5.91 Å². The van der Waals surface area contributed by atoms with Crippen LogP contribution in [0, 0.1) is 0 Å². The van der Waals surface area contributed by atoms with Crippen molar-refractivity contribution in [2.75, 3.05) is 30.5 Å². The maximum Gasteiger partial charge on any atom is 0.237 e. The summed E-state index contributed by atoms with van der Waals surface area (Å²) in [5.41, 5.74) is 0. The molecular weight excluding hydrogens is 278 g/mol. The number of halogens is 1. The van der Waals surface area contributed by atoms with Crippen LogP contribution in [0.25, 0.3) is 0 Å². The number of hydrogen-bond donors (Lipinski definition) is 1. The number of alkyl halides is 1. The third-order valence-electron chi connectivity index (χ3n) is 3.14. The van der Waals surface area contributed by atoms with Crippen LogP contribution in [0.3, 0.4) is 0 Å². The Morgan fingerprint density at radius 3 is 2.56 bits per heavy atom. The summed E-state index contributed by atoms with van der Waals surface area (Å²) in [7, 11) is -2.99. The van der Waals surface area contributed by atoms with E-state index in [0.717, 1.165) is 12.8 Å². The number of amides is 1. The van der Waals surface area contributed by atoms with Crippen LogP contribution in [0.4, 0.5) is 0 Å². The molecular formula is C11H20ClNO4S. The van der Waals surface area contributed by atoms with Gasteiger partial charge in [-0.15, -0.1) is 11.6 Å². The average molecular weight is 298 g/mol. The summed E-state index contributed by atoms with van der Waals surface area (Å²) in [4.78, 5) is 13.3. The van der Waals surface area contributed by atoms with Gasteiger partial charge in [-0.2, -0.15) is 0 Å². The quantitative estimate of drug-likeness (QED) is 0.545. The molecule has 1 aliphatic heterocycles. The minimum atomic E-state index is -2.99. The summed E-state index contributed by atoms with van der Waals surface area (Å²) in [5, 5.41) is 8.69. The van der Waals surface area contributed by atoms with E-state index in [4.69, 9.17) is 16.7 Å². The van der Waals surface area contributed by atoms with Crippen molar-refractivity contribution in [2.24, 2.45) is 0 Å². The van der Waals surface area contributed by atoms with Gasteiger partial charge in [-0.1, -0.05) is 0 Å². The summed E-state index contributed by atoms with van der Waals surface area (Å²) < 4.78 is 22.9. The fourth-order valence-corrected chi connectivity index (χ4v) is 4.06. The minimum Gasteiger partial charge on any atom is -0.396 e. The first-order chi connectivity index (χ1) is 8.50. The van der Waals surface area contributed by atoms with E-state index in [9.17, 15) is 13.2 Å². The van der Waals surface area contributed by atoms with Gasteiger partial charge >= 0.3 is 0 Å². The predicted molar refractivity (Wildman–Crippen MR) is 70.4 cm³/mol. The molecule has 106 valence electrons. The Labute approximate surface area is 113 Å². The topological polar surface area (TPSA) is 74.7 Å². The summed E-state index contributed by atoms with van der Waals surface area (Å²) in [6, 6.07) is -0.227. The lowest BCUT2D eigenvalue weighted by atomic mass is 10.2. The van der Waals surface area contributed by atoms with Gasteiger partial charge in [-0.25, -0.2) is 8.42 Å². The molecule has 0 radical (unpaired) electrons. The average Bonchev–Trinajstić information content (AvgIpc) is 2.68. The van der Waals surface area contributed by atoms with Crippen molar-refractivity contribution >= 4 is 27.3 Å². The molecule has 0 aromatic carbocycles. The van der Waals surface area contributed by atoms with E-state index in [1.807, 2.05) is 0 Å². The smallest absolute Gasteiger partial charge is 0.237 e. The van der Waals surface area contributed by atoms with E-state index in [-0.39, 0.29) is 35.9 Å². The molecule has 18 heavy (non-hydrogen) atoms. The first kappa shape index (κ1) is 15.7. The standard InChI is InChI=1S/C11H20ClNO4S/c12-8-11(15)13(5-2-1-3-6-14)10-4-7-18(16,17)9-10/h10,14H,1-9H2/t10-/m1/s1. The predicted octanol–water partition coefficient (Wildman–Crippen LogP) is 0.404. The molecule has 0 aromatic heterocycles. The Bertz CT molecular complexity index is 371. The van der Waals surface area contributed by atoms with Crippen LogP contribution in [0.15, 0.2) is 0 Å². The number of aliphatic hydroxyl groups is 1. The molecule has 1 N–H and O–H groups in total. The maximum absolute atomic E-state index is 11.7. The van der Waals surface area contributed by atoms with Crippen LogP contribution in [0.1, 0.15) is 25.7 Å². The van der Waals surface area contributed by atoms with Crippen molar-refractivity contribution in [1.29, 1.82) is 0 Å². The third-order valence-corrected chi connectivity index (χ3v) is 5.12. The monoisotopic (exact) mass is 297 g/mol. The summed E-state index contributed by atoms with van der Waals surface area (Å²) in [5.74, 6) is -0.116. The molecule has 1 aliphatic rings. The molecule has 0 aliphatic carbocycles. The van der Waals surface area contributed by atoms with E-state index >= 15 is 0 Å². The zero-order chi connectivity index (χ0) is 13.6. The number of sulfone groups is 1. The number of carbonyl (C=O) groups excluding carboxylic acids is 1. The molecule has 5 nitrogen and oxygen atoms in total. The second-order valence-corrected chi connectivity index (χ2v) is 7.06. The fraction of sp³-hybridized carbons (Fsp3) is 0.909. The molecule has 0 bridgehead atoms. The first-order valence-corrected chi connectivity index (χ1v) is 8.52. The largest absolute Gasteiger partial charge is 0.396 e. The number of unbranched alkanes of at least 4 members (excludes halogenated alkanes) is 2. The van der Waals surface area contributed by atoms with Gasteiger partial charge in [0.1, 0.15) is 5.88 Å². The Balaban J connectivity index is 2.53. The van der Waals surface area contributed by atoms with Gasteiger partial charge in [0, 0.05) is 19.2 Å². The molecule has 1 amide bonds. The Kier molecular flexibility index (Phi) is 6.38. The van der Waals surface area contributed by atoms with Gasteiger partial charge in [0.05, 0.1) is 11.5 Å². The zero-order valence-electron chi connectivity index (χ0n) is 10.3. The Morgan fingerprint density at radius 1 is 1.33 bits per heavy atom. The highest BCUT2D eigenvalue weighted by Crippen LogP contribution is 2.19. The first-order valence-electron chi connectivity index (χ1n) is 6.17. The summed E-state index contributed by atoms with van der Waals surface area (Å²) in [6.07, 6.45) is 2.79. The van der Waals surface area contributed by atoms with Crippen LogP contribution in [0.2, 0.25) is 0 Å². The molecule has 1 heterocycles. The second kappa shape index (κ2) is 7.31. The number of rotatable bonds is 7. The molecule has 0 unspecified atom stereocenters. The van der Waals surface area contributed by atoms with E-state index in [2.05, 4.69) is 0 Å². The lowest BCUT2D eigenvalue weighted by Crippen LogP contribution is -2.42. The van der Waals surface area contributed by atoms with Crippen molar-refractivity contribution in [3.63, 3.8) is 0 Å². The van der Waals surface area contributed by atoms with E-state index in [0.29, 0.717) is 19.4 Å². The highest BCUT2D eigenvalue weighted by molar-refractivity contribution is 7.91. The summed E-state index contributed by atoms with van der Waals surface area (Å²) >= 11 is 5.56. The maximum atomic E-state index is 11.7. The normalized spacial score (nSPS) is 22.0. The van der Waals surface area contributed by atoms with E-state index in [1.54, 1.807) is 4.90 Å². The van der Waals surface area contributed by atoms with Crippen LogP contribution >= 0.6 is 11.6 Å². The number of aliphatic hydroxyl groups excluding tert-OH is 1. The molecule has 1 saturated heterocycles. The number of nitrogens with zero attached hydrogens (tertiary/aromatic N) is 1. The molecule has 7 heteroatoms. The molecule has 1 rings (SSSR count). The zero-order valence-corrected chi connectivity index (χ0v) is 11.9. The molecule has 0 aromatic rings. The van der Waals surface area contributed by atoms with Crippen LogP contribution in [-0.4, -0.2) is 60.9 Å². The fourth-order valence-electron chi connectivity index (χ4n) is 2.18. The summed E-state index contributed by atoms with van der Waals surface area (Å²) in [6.45, 7) is 0.660. The van der Waals surface area contributed by atoms with Gasteiger partial charge in [0.25, 0.3) is 0 Å². The van der Waals surface area contributed by atoms with Crippen molar-refractivity contribution < 1.29 is 18.3 Å². The van der Waals surface area contributed by atoms with Crippen molar-refractivity contribution in [3.05, 3.63) is 0 Å². The van der Waals surface area contributed by atoms with E-state index < -0.39 is 9.84 Å². The van der Waals surface area contributed by atoms with Crippen LogP contribution in [0.5, 0.6) is 0 Å². The van der Waals surface area contributed by atoms with Gasteiger partial charge < -0.3 is 10.0 Å². The van der Waals surface area contributed by atoms with Crippen LogP contribution < -0.4 is 0 Å². The van der Waals surface area contributed by atoms with Crippen LogP contribution in [-0.2, 0) is 14.6 Å². The Morgan fingerprint density at radius 2 is 2.06 bits per heavy atom. The Hall–Kier alpha value is -0.330. The molecule has 1 atom stereocenters.